The van der Waals surface area contributed by atoms with Crippen molar-refractivity contribution in [2.75, 3.05) is 63.9 Å². The van der Waals surface area contributed by atoms with Crippen molar-refractivity contribution in [2.24, 2.45) is 0 Å². The van der Waals surface area contributed by atoms with Crippen LogP contribution in [-0.2, 0) is 14.3 Å². The van der Waals surface area contributed by atoms with Gasteiger partial charge >= 0.3 is 0 Å². The predicted molar refractivity (Wildman–Crippen MR) is 106 cm³/mol. The van der Waals surface area contributed by atoms with Crippen LogP contribution in [0, 0.1) is 0 Å². The van der Waals surface area contributed by atoms with E-state index >= 15 is 0 Å². The lowest BCUT2D eigenvalue weighted by molar-refractivity contribution is -0.187. The van der Waals surface area contributed by atoms with Gasteiger partial charge in [0.1, 0.15) is 0 Å². The van der Waals surface area contributed by atoms with Crippen molar-refractivity contribution < 1.29 is 14.3 Å². The minimum absolute atomic E-state index is 0.200. The highest BCUT2D eigenvalue weighted by molar-refractivity contribution is 6.42. The Bertz CT molecular complexity index is 679. The number of amides is 1. The van der Waals surface area contributed by atoms with Crippen molar-refractivity contribution in [1.82, 2.24) is 9.80 Å². The molecule has 0 radical (unpaired) electrons. The standard InChI is InChI=1S/C19H25Cl2N3O3/c20-16-2-1-15(13-17(16)21)23-9-7-22(8-10-23)14-18(25)24-5-3-19(4-6-24)26-11-12-27-19/h1-2,13H,3-12,14H2. The number of rotatable bonds is 3. The van der Waals surface area contributed by atoms with E-state index in [0.717, 1.165) is 44.7 Å². The second-order valence-corrected chi connectivity index (χ2v) is 8.16. The van der Waals surface area contributed by atoms with Crippen molar-refractivity contribution in [1.29, 1.82) is 0 Å². The lowest BCUT2D eigenvalue weighted by atomic mass is 10.0. The SMILES string of the molecule is O=C(CN1CCN(c2ccc(Cl)c(Cl)c2)CC1)N1CCC2(CC1)OCCO2. The van der Waals surface area contributed by atoms with E-state index in [1.807, 2.05) is 23.1 Å². The first-order valence-corrected chi connectivity index (χ1v) is 10.3. The third-order valence-electron chi connectivity index (χ3n) is 5.69. The van der Waals surface area contributed by atoms with Crippen molar-refractivity contribution >= 4 is 34.8 Å². The number of carbonyl (C=O) groups is 1. The Balaban J connectivity index is 1.24. The molecule has 1 aromatic carbocycles. The Morgan fingerprint density at radius 2 is 1.63 bits per heavy atom. The van der Waals surface area contributed by atoms with E-state index in [-0.39, 0.29) is 5.91 Å². The molecule has 4 rings (SSSR count). The van der Waals surface area contributed by atoms with Gasteiger partial charge in [-0.2, -0.15) is 0 Å². The molecule has 3 heterocycles. The first-order valence-electron chi connectivity index (χ1n) is 9.53. The van der Waals surface area contributed by atoms with Gasteiger partial charge in [0.25, 0.3) is 0 Å². The molecule has 3 aliphatic heterocycles. The molecule has 148 valence electrons. The molecule has 0 atom stereocenters. The summed E-state index contributed by atoms with van der Waals surface area (Å²) in [6, 6.07) is 5.73. The highest BCUT2D eigenvalue weighted by Crippen LogP contribution is 2.31. The Kier molecular flexibility index (Phi) is 5.81. The Hall–Kier alpha value is -1.05. The summed E-state index contributed by atoms with van der Waals surface area (Å²) in [4.78, 5) is 19.1. The normalized spacial score (nSPS) is 23.2. The van der Waals surface area contributed by atoms with Crippen LogP contribution < -0.4 is 4.90 Å². The average molecular weight is 414 g/mol. The van der Waals surface area contributed by atoms with E-state index in [2.05, 4.69) is 9.80 Å². The van der Waals surface area contributed by atoms with Crippen molar-refractivity contribution in [3.8, 4) is 0 Å². The first kappa shape index (κ1) is 19.3. The maximum Gasteiger partial charge on any atom is 0.236 e. The summed E-state index contributed by atoms with van der Waals surface area (Å²) in [7, 11) is 0. The van der Waals surface area contributed by atoms with E-state index < -0.39 is 5.79 Å². The van der Waals surface area contributed by atoms with Gasteiger partial charge in [-0.3, -0.25) is 9.69 Å². The molecule has 1 amide bonds. The van der Waals surface area contributed by atoms with Crippen LogP contribution in [0.15, 0.2) is 18.2 Å². The molecule has 6 nitrogen and oxygen atoms in total. The van der Waals surface area contributed by atoms with Crippen LogP contribution in [0.25, 0.3) is 0 Å². The number of hydrogen-bond acceptors (Lipinski definition) is 5. The van der Waals surface area contributed by atoms with Gasteiger partial charge in [-0.15, -0.1) is 0 Å². The Labute approximate surface area is 169 Å². The minimum Gasteiger partial charge on any atom is -0.369 e. The third kappa shape index (κ3) is 4.35. The van der Waals surface area contributed by atoms with E-state index in [1.54, 1.807) is 0 Å². The van der Waals surface area contributed by atoms with Gasteiger partial charge in [0.2, 0.25) is 5.91 Å². The minimum atomic E-state index is -0.428. The number of hydrogen-bond donors (Lipinski definition) is 0. The Morgan fingerprint density at radius 3 is 2.26 bits per heavy atom. The monoisotopic (exact) mass is 413 g/mol. The summed E-state index contributed by atoms with van der Waals surface area (Å²) in [5, 5.41) is 1.14. The van der Waals surface area contributed by atoms with Gasteiger partial charge < -0.3 is 19.3 Å². The number of benzene rings is 1. The molecule has 3 saturated heterocycles. The molecule has 3 fully saturated rings. The second-order valence-electron chi connectivity index (χ2n) is 7.35. The molecule has 0 aliphatic carbocycles. The average Bonchev–Trinajstić information content (AvgIpc) is 3.13. The van der Waals surface area contributed by atoms with Gasteiger partial charge in [-0.05, 0) is 18.2 Å². The molecule has 0 bridgehead atoms. The van der Waals surface area contributed by atoms with Crippen molar-refractivity contribution in [2.45, 2.75) is 18.6 Å². The fraction of sp³-hybridized carbons (Fsp3) is 0.632. The summed E-state index contributed by atoms with van der Waals surface area (Å²) in [6.07, 6.45) is 1.54. The topological polar surface area (TPSA) is 45.3 Å². The fourth-order valence-electron chi connectivity index (χ4n) is 4.02. The number of nitrogens with zero attached hydrogens (tertiary/aromatic N) is 3. The number of piperazine rings is 1. The lowest BCUT2D eigenvalue weighted by Gasteiger charge is -2.39. The molecular weight excluding hydrogens is 389 g/mol. The van der Waals surface area contributed by atoms with Crippen molar-refractivity contribution in [3.63, 3.8) is 0 Å². The molecular formula is C19H25Cl2N3O3. The summed E-state index contributed by atoms with van der Waals surface area (Å²) < 4.78 is 11.5. The van der Waals surface area contributed by atoms with Crippen LogP contribution in [0.5, 0.6) is 0 Å². The number of halogens is 2. The zero-order valence-corrected chi connectivity index (χ0v) is 16.8. The number of anilines is 1. The number of ether oxygens (including phenoxy) is 2. The van der Waals surface area contributed by atoms with E-state index in [9.17, 15) is 4.79 Å². The molecule has 3 aliphatic rings. The van der Waals surface area contributed by atoms with Crippen LogP contribution in [0.4, 0.5) is 5.69 Å². The van der Waals surface area contributed by atoms with Crippen LogP contribution in [0.1, 0.15) is 12.8 Å². The molecule has 0 unspecified atom stereocenters. The first-order chi connectivity index (χ1) is 13.0. The molecule has 1 aromatic rings. The van der Waals surface area contributed by atoms with E-state index in [4.69, 9.17) is 32.7 Å². The van der Waals surface area contributed by atoms with Crippen LogP contribution in [0.2, 0.25) is 10.0 Å². The van der Waals surface area contributed by atoms with Gasteiger partial charge in [-0.25, -0.2) is 0 Å². The quantitative estimate of drug-likeness (QED) is 0.761. The smallest absolute Gasteiger partial charge is 0.236 e. The zero-order valence-electron chi connectivity index (χ0n) is 15.3. The van der Waals surface area contributed by atoms with Gasteiger partial charge in [0, 0.05) is 57.8 Å². The molecule has 1 spiro atoms. The lowest BCUT2D eigenvalue weighted by Crippen LogP contribution is -2.53. The fourth-order valence-corrected chi connectivity index (χ4v) is 4.31. The highest BCUT2D eigenvalue weighted by Gasteiger charge is 2.40. The van der Waals surface area contributed by atoms with Crippen LogP contribution in [-0.4, -0.2) is 80.5 Å². The van der Waals surface area contributed by atoms with Crippen molar-refractivity contribution in [3.05, 3.63) is 28.2 Å². The third-order valence-corrected chi connectivity index (χ3v) is 6.43. The van der Waals surface area contributed by atoms with Gasteiger partial charge in [0.05, 0.1) is 29.8 Å². The second kappa shape index (κ2) is 8.13. The summed E-state index contributed by atoms with van der Waals surface area (Å²) >= 11 is 12.1. The largest absolute Gasteiger partial charge is 0.369 e. The summed E-state index contributed by atoms with van der Waals surface area (Å²) in [6.45, 7) is 6.68. The predicted octanol–water partition coefficient (Wildman–Crippen LogP) is 2.48. The van der Waals surface area contributed by atoms with Crippen LogP contribution >= 0.6 is 23.2 Å². The van der Waals surface area contributed by atoms with Crippen LogP contribution in [0.3, 0.4) is 0 Å². The number of piperidine rings is 1. The number of carbonyl (C=O) groups excluding carboxylic acids is 1. The Morgan fingerprint density at radius 1 is 0.963 bits per heavy atom. The van der Waals surface area contributed by atoms with Gasteiger partial charge in [0.15, 0.2) is 5.79 Å². The molecule has 27 heavy (non-hydrogen) atoms. The molecule has 0 N–H and O–H groups in total. The summed E-state index contributed by atoms with van der Waals surface area (Å²) in [5.41, 5.74) is 1.08. The molecule has 8 heteroatoms. The van der Waals surface area contributed by atoms with E-state index in [1.165, 1.54) is 0 Å². The molecule has 0 saturated carbocycles. The highest BCUT2D eigenvalue weighted by atomic mass is 35.5. The molecule has 0 aromatic heterocycles. The number of likely N-dealkylation sites (tertiary alicyclic amines) is 1. The zero-order chi connectivity index (χ0) is 18.9. The van der Waals surface area contributed by atoms with Gasteiger partial charge in [-0.1, -0.05) is 23.2 Å². The van der Waals surface area contributed by atoms with E-state index in [0.29, 0.717) is 42.9 Å². The maximum absolute atomic E-state index is 12.7. The summed E-state index contributed by atoms with van der Waals surface area (Å²) in [5.74, 6) is -0.228. The maximum atomic E-state index is 12.7.